The van der Waals surface area contributed by atoms with Crippen LogP contribution in [0.3, 0.4) is 0 Å². The Balaban J connectivity index is 0.000000225. The fraction of sp³-hybridized carbons (Fsp3) is 0.171. The van der Waals surface area contributed by atoms with Gasteiger partial charge in [-0.25, -0.2) is 11.1 Å². The standard InChI is InChI=1S/C20H16.C15H18NSi.Ir/c1-16(17-9-4-2-5-10-17)19-13-8-14-20(15-19)18-11-6-3-7-12-18;1-12-5-7-13(8-6-12)15-10-9-14(11-16-15)17(2,3)4;/h2-11,13,15-16H,1H3;5-7,9-11H,1-4H3;/q-2;-1;+3/i16D;1D3;. The molecule has 0 N–H and O–H groups in total. The van der Waals surface area contributed by atoms with Gasteiger partial charge in [0.25, 0.3) is 0 Å². The van der Waals surface area contributed by atoms with Gasteiger partial charge in [0.1, 0.15) is 0 Å². The van der Waals surface area contributed by atoms with E-state index in [2.05, 4.69) is 48.9 Å². The first-order chi connectivity index (χ1) is 19.4. The van der Waals surface area contributed by atoms with Crippen LogP contribution in [0.1, 0.15) is 35.0 Å². The average Bonchev–Trinajstić information content (AvgIpc) is 2.98. The zero-order valence-electron chi connectivity index (χ0n) is 26.2. The van der Waals surface area contributed by atoms with Crippen LogP contribution in [0.2, 0.25) is 19.6 Å². The van der Waals surface area contributed by atoms with Crippen LogP contribution in [-0.4, -0.2) is 13.1 Å². The average molecular weight is 693 g/mol. The molecule has 1 unspecified atom stereocenters. The molecule has 0 spiro atoms. The van der Waals surface area contributed by atoms with Crippen LogP contribution in [0.25, 0.3) is 22.4 Å². The van der Waals surface area contributed by atoms with Crippen LogP contribution in [0, 0.1) is 25.1 Å². The number of pyridine rings is 1. The Morgan fingerprint density at radius 1 is 0.763 bits per heavy atom. The minimum absolute atomic E-state index is 0. The number of aryl methyl sites for hydroxylation is 1. The summed E-state index contributed by atoms with van der Waals surface area (Å²) in [6.07, 6.45) is 1.92. The van der Waals surface area contributed by atoms with Crippen molar-refractivity contribution in [3.63, 3.8) is 0 Å². The van der Waals surface area contributed by atoms with Gasteiger partial charge in [-0.3, -0.25) is 0 Å². The normalized spacial score (nSPS) is 14.2. The maximum absolute atomic E-state index is 8.74. The van der Waals surface area contributed by atoms with E-state index in [-0.39, 0.29) is 20.1 Å². The third kappa shape index (κ3) is 7.95. The summed E-state index contributed by atoms with van der Waals surface area (Å²) in [5, 5.41) is 1.31. The number of aromatic nitrogens is 1. The molecular weight excluding hydrogens is 655 g/mol. The first-order valence-electron chi connectivity index (χ1n) is 14.4. The smallest absolute Gasteiger partial charge is 0.305 e. The van der Waals surface area contributed by atoms with Crippen LogP contribution in [0.4, 0.5) is 0 Å². The molecule has 0 saturated carbocycles. The summed E-state index contributed by atoms with van der Waals surface area (Å²) in [6.45, 7) is 6.68. The first-order valence-corrected chi connectivity index (χ1v) is 15.9. The minimum atomic E-state index is -2.08. The van der Waals surface area contributed by atoms with E-state index in [1.807, 2.05) is 92.0 Å². The van der Waals surface area contributed by atoms with Crippen molar-refractivity contribution in [2.45, 2.75) is 39.3 Å². The van der Waals surface area contributed by atoms with Gasteiger partial charge < -0.3 is 4.98 Å². The van der Waals surface area contributed by atoms with Crippen molar-refractivity contribution >= 4 is 13.3 Å². The third-order valence-electron chi connectivity index (χ3n) is 6.16. The van der Waals surface area contributed by atoms with Crippen molar-refractivity contribution in [1.29, 1.82) is 0 Å². The Morgan fingerprint density at radius 3 is 2.13 bits per heavy atom. The Morgan fingerprint density at radius 2 is 1.53 bits per heavy atom. The molecule has 192 valence electrons. The summed E-state index contributed by atoms with van der Waals surface area (Å²) >= 11 is 0. The first kappa shape index (κ1) is 24.0. The third-order valence-corrected chi connectivity index (χ3v) is 8.19. The van der Waals surface area contributed by atoms with E-state index >= 15 is 0 Å². The van der Waals surface area contributed by atoms with Crippen LogP contribution in [0.5, 0.6) is 0 Å². The summed E-state index contributed by atoms with van der Waals surface area (Å²) in [4.78, 5) is 4.47. The van der Waals surface area contributed by atoms with E-state index in [1.165, 1.54) is 11.3 Å². The SMILES string of the molecule is [2H]C(C)(c1ccccc1)c1cc[c-]c(-c2[c-]cccc2)c1.[2H]C([2H])([2H])c1c[c-]c(-c2ccc([Si](C)(C)C)cn2)cc1.[Ir+3]. The van der Waals surface area contributed by atoms with Gasteiger partial charge in [0.05, 0.1) is 8.07 Å². The fourth-order valence-electron chi connectivity index (χ4n) is 3.85. The quantitative estimate of drug-likeness (QED) is 0.133. The maximum atomic E-state index is 8.74. The van der Waals surface area contributed by atoms with Crippen molar-refractivity contribution in [2.75, 3.05) is 0 Å². The molecule has 4 aromatic carbocycles. The van der Waals surface area contributed by atoms with E-state index in [9.17, 15) is 0 Å². The molecule has 1 nitrogen and oxygen atoms in total. The van der Waals surface area contributed by atoms with Gasteiger partial charge in [-0.1, -0.05) is 75.9 Å². The largest absolute Gasteiger partial charge is 3.00 e. The second-order valence-corrected chi connectivity index (χ2v) is 15.0. The van der Waals surface area contributed by atoms with Crippen LogP contribution in [-0.2, 0) is 20.1 Å². The Hall–Kier alpha value is -3.10. The molecular formula is C35H34IrNSi. The summed E-state index contributed by atoms with van der Waals surface area (Å²) < 4.78 is 30.8. The maximum Gasteiger partial charge on any atom is 3.00 e. The van der Waals surface area contributed by atoms with Crippen LogP contribution in [0.15, 0.2) is 109 Å². The van der Waals surface area contributed by atoms with Crippen molar-refractivity contribution in [1.82, 2.24) is 4.98 Å². The van der Waals surface area contributed by atoms with Gasteiger partial charge in [-0.2, -0.15) is 42.5 Å². The second kappa shape index (κ2) is 13.6. The van der Waals surface area contributed by atoms with E-state index < -0.39 is 20.8 Å². The second-order valence-electron chi connectivity index (χ2n) is 9.93. The number of hydrogen-bond acceptors (Lipinski definition) is 1. The van der Waals surface area contributed by atoms with Gasteiger partial charge >= 0.3 is 20.1 Å². The van der Waals surface area contributed by atoms with E-state index in [1.54, 1.807) is 12.1 Å². The molecule has 0 saturated heterocycles. The van der Waals surface area contributed by atoms with Gasteiger partial charge in [0, 0.05) is 11.7 Å². The Kier molecular flexibility index (Phi) is 8.59. The predicted molar refractivity (Wildman–Crippen MR) is 160 cm³/mol. The van der Waals surface area contributed by atoms with Crippen molar-refractivity contribution in [3.05, 3.63) is 144 Å². The number of hydrogen-bond donors (Lipinski definition) is 0. The molecule has 38 heavy (non-hydrogen) atoms. The predicted octanol–water partition coefficient (Wildman–Crippen LogP) is 8.51. The molecule has 0 aliphatic carbocycles. The molecule has 5 rings (SSSR count). The molecule has 1 heterocycles. The summed E-state index contributed by atoms with van der Waals surface area (Å²) in [6, 6.07) is 42.1. The number of nitrogens with zero attached hydrogens (tertiary/aromatic N) is 1. The van der Waals surface area contributed by atoms with Crippen LogP contribution >= 0.6 is 0 Å². The summed E-state index contributed by atoms with van der Waals surface area (Å²) in [7, 11) is -1.34. The monoisotopic (exact) mass is 693 g/mol. The van der Waals surface area contributed by atoms with Crippen molar-refractivity contribution < 1.29 is 25.6 Å². The molecule has 3 heteroatoms. The molecule has 5 aromatic rings. The molecule has 0 aliphatic heterocycles. The number of benzene rings is 4. The van der Waals surface area contributed by atoms with E-state index in [0.717, 1.165) is 33.5 Å². The molecule has 0 fully saturated rings. The molecule has 0 amide bonds. The summed E-state index contributed by atoms with van der Waals surface area (Å²) in [5.41, 5.74) is 5.87. The van der Waals surface area contributed by atoms with Gasteiger partial charge in [-0.15, -0.1) is 53.1 Å². The molecule has 1 atom stereocenters. The zero-order chi connectivity index (χ0) is 29.7. The van der Waals surface area contributed by atoms with Gasteiger partial charge in [0.15, 0.2) is 0 Å². The number of rotatable bonds is 5. The Labute approximate surface area is 249 Å². The van der Waals surface area contributed by atoms with E-state index in [0.29, 0.717) is 5.56 Å². The van der Waals surface area contributed by atoms with Crippen molar-refractivity contribution in [2.24, 2.45) is 0 Å². The van der Waals surface area contributed by atoms with Crippen LogP contribution < -0.4 is 5.19 Å². The Bertz CT molecular complexity index is 1490. The molecule has 0 bridgehead atoms. The minimum Gasteiger partial charge on any atom is -0.305 e. The van der Waals surface area contributed by atoms with Crippen molar-refractivity contribution in [3.8, 4) is 22.4 Å². The zero-order valence-corrected chi connectivity index (χ0v) is 25.6. The van der Waals surface area contributed by atoms with Gasteiger partial charge in [0.2, 0.25) is 0 Å². The molecule has 1 aromatic heterocycles. The fourth-order valence-corrected chi connectivity index (χ4v) is 4.89. The topological polar surface area (TPSA) is 12.9 Å². The molecule has 0 radical (unpaired) electrons. The molecule has 0 aliphatic rings. The van der Waals surface area contributed by atoms with E-state index in [4.69, 9.17) is 5.48 Å². The van der Waals surface area contributed by atoms with Gasteiger partial charge in [-0.05, 0) is 22.3 Å². The summed E-state index contributed by atoms with van der Waals surface area (Å²) in [5.74, 6) is -0.778.